The quantitative estimate of drug-likeness (QED) is 0.367. The third kappa shape index (κ3) is 6.17. The minimum atomic E-state index is -0.207. The Morgan fingerprint density at radius 3 is 2.11 bits per heavy atom. The molecule has 2 aromatic rings. The van der Waals surface area contributed by atoms with E-state index < -0.39 is 0 Å². The lowest BCUT2D eigenvalue weighted by Crippen LogP contribution is -2.15. The molecule has 1 saturated carbocycles. The van der Waals surface area contributed by atoms with Gasteiger partial charge in [0.05, 0.1) is 4.47 Å². The summed E-state index contributed by atoms with van der Waals surface area (Å²) in [5.41, 5.74) is 3.42. The van der Waals surface area contributed by atoms with Gasteiger partial charge in [0.25, 0.3) is 0 Å². The molecule has 2 aromatic carbocycles. The summed E-state index contributed by atoms with van der Waals surface area (Å²) in [7, 11) is 0. The molecule has 0 aromatic heterocycles. The topological polar surface area (TPSA) is 0 Å². The molecular formula is C25H32BrF. The van der Waals surface area contributed by atoms with Crippen LogP contribution in [0.25, 0.3) is 11.1 Å². The van der Waals surface area contributed by atoms with Gasteiger partial charge in [-0.05, 0) is 69.4 Å². The van der Waals surface area contributed by atoms with Crippen molar-refractivity contribution in [3.63, 3.8) is 0 Å². The fourth-order valence-electron chi connectivity index (χ4n) is 4.40. The van der Waals surface area contributed by atoms with Crippen molar-refractivity contribution >= 4 is 15.9 Å². The predicted molar refractivity (Wildman–Crippen MR) is 117 cm³/mol. The molecule has 146 valence electrons. The molecule has 0 N–H and O–H groups in total. The van der Waals surface area contributed by atoms with Gasteiger partial charge in [-0.3, -0.25) is 0 Å². The Morgan fingerprint density at radius 2 is 1.48 bits per heavy atom. The van der Waals surface area contributed by atoms with Gasteiger partial charge in [0, 0.05) is 0 Å². The molecule has 0 atom stereocenters. The highest BCUT2D eigenvalue weighted by molar-refractivity contribution is 9.10. The van der Waals surface area contributed by atoms with E-state index in [-0.39, 0.29) is 5.82 Å². The van der Waals surface area contributed by atoms with Gasteiger partial charge in [-0.15, -0.1) is 0 Å². The second-order valence-corrected chi connectivity index (χ2v) is 9.10. The second kappa shape index (κ2) is 10.4. The molecule has 0 spiro atoms. The fourth-order valence-corrected chi connectivity index (χ4v) is 4.65. The highest BCUT2D eigenvalue weighted by Crippen LogP contribution is 2.34. The minimum Gasteiger partial charge on any atom is -0.206 e. The summed E-state index contributed by atoms with van der Waals surface area (Å²) >= 11 is 3.22. The van der Waals surface area contributed by atoms with E-state index in [1.165, 1.54) is 69.8 Å². The summed E-state index contributed by atoms with van der Waals surface area (Å²) in [4.78, 5) is 0. The van der Waals surface area contributed by atoms with Crippen molar-refractivity contribution in [1.82, 2.24) is 0 Å². The average Bonchev–Trinajstić information content (AvgIpc) is 2.70. The maximum atomic E-state index is 13.7. The Bertz CT molecular complexity index is 699. The molecule has 1 aliphatic rings. The normalized spacial score (nSPS) is 20.0. The molecule has 0 amide bonds. The van der Waals surface area contributed by atoms with Crippen LogP contribution in [0.3, 0.4) is 0 Å². The number of rotatable bonds is 8. The number of halogens is 2. The first kappa shape index (κ1) is 20.6. The summed E-state index contributed by atoms with van der Waals surface area (Å²) in [5, 5.41) is 0. The Morgan fingerprint density at radius 1 is 0.852 bits per heavy atom. The highest BCUT2D eigenvalue weighted by atomic mass is 79.9. The fraction of sp³-hybridized carbons (Fsp3) is 0.520. The molecule has 1 aliphatic carbocycles. The third-order valence-electron chi connectivity index (χ3n) is 6.23. The number of hydrogen-bond acceptors (Lipinski definition) is 0. The van der Waals surface area contributed by atoms with Crippen molar-refractivity contribution in [2.45, 2.75) is 71.1 Å². The summed E-state index contributed by atoms with van der Waals surface area (Å²) in [6.45, 7) is 2.29. The van der Waals surface area contributed by atoms with E-state index in [1.807, 2.05) is 6.07 Å². The van der Waals surface area contributed by atoms with Gasteiger partial charge in [0.2, 0.25) is 0 Å². The van der Waals surface area contributed by atoms with Gasteiger partial charge < -0.3 is 0 Å². The Hall–Kier alpha value is -1.15. The summed E-state index contributed by atoms with van der Waals surface area (Å²) in [5.74, 6) is 1.70. The van der Waals surface area contributed by atoms with Crippen LogP contribution in [0.4, 0.5) is 4.39 Å². The van der Waals surface area contributed by atoms with E-state index in [9.17, 15) is 4.39 Å². The van der Waals surface area contributed by atoms with Crippen molar-refractivity contribution in [2.24, 2.45) is 11.8 Å². The molecule has 0 aliphatic heterocycles. The first-order valence-electron chi connectivity index (χ1n) is 10.7. The average molecular weight is 431 g/mol. The maximum absolute atomic E-state index is 13.7. The lowest BCUT2D eigenvalue weighted by molar-refractivity contribution is 0.249. The molecule has 27 heavy (non-hydrogen) atoms. The minimum absolute atomic E-state index is 0.207. The van der Waals surface area contributed by atoms with Crippen LogP contribution in [-0.2, 0) is 6.42 Å². The van der Waals surface area contributed by atoms with Crippen molar-refractivity contribution in [1.29, 1.82) is 0 Å². The zero-order chi connectivity index (χ0) is 19.1. The monoisotopic (exact) mass is 430 g/mol. The standard InChI is InChI=1S/C25H32BrF/c1-2-3-4-5-19-6-8-20(9-7-19)10-11-21-12-14-22(15-13-21)23-16-17-24(26)25(27)18-23/h12-20H,2-11H2,1H3. The Balaban J connectivity index is 1.45. The van der Waals surface area contributed by atoms with Gasteiger partial charge in [-0.1, -0.05) is 88.6 Å². The van der Waals surface area contributed by atoms with E-state index in [0.717, 1.165) is 23.0 Å². The van der Waals surface area contributed by atoms with Crippen molar-refractivity contribution in [2.75, 3.05) is 0 Å². The number of unbranched alkanes of at least 4 members (excludes halogenated alkanes) is 2. The third-order valence-corrected chi connectivity index (χ3v) is 6.87. The van der Waals surface area contributed by atoms with Gasteiger partial charge >= 0.3 is 0 Å². The van der Waals surface area contributed by atoms with Crippen molar-refractivity contribution < 1.29 is 4.39 Å². The van der Waals surface area contributed by atoms with Crippen LogP contribution >= 0.6 is 15.9 Å². The summed E-state index contributed by atoms with van der Waals surface area (Å²) in [6.07, 6.45) is 13.9. The van der Waals surface area contributed by atoms with E-state index in [1.54, 1.807) is 12.1 Å². The molecule has 0 unspecified atom stereocenters. The SMILES string of the molecule is CCCCCC1CCC(CCc2ccc(-c3ccc(Br)c(F)c3)cc2)CC1. The molecule has 1 fully saturated rings. The Labute approximate surface area is 172 Å². The van der Waals surface area contributed by atoms with E-state index in [2.05, 4.69) is 47.1 Å². The molecule has 0 bridgehead atoms. The van der Waals surface area contributed by atoms with E-state index >= 15 is 0 Å². The molecular weight excluding hydrogens is 399 g/mol. The Kier molecular flexibility index (Phi) is 7.93. The van der Waals surface area contributed by atoms with Gasteiger partial charge in [0.1, 0.15) is 5.82 Å². The first-order valence-corrected chi connectivity index (χ1v) is 11.5. The number of hydrogen-bond donors (Lipinski definition) is 0. The van der Waals surface area contributed by atoms with Crippen LogP contribution in [0, 0.1) is 17.7 Å². The summed E-state index contributed by atoms with van der Waals surface area (Å²) < 4.78 is 14.3. The van der Waals surface area contributed by atoms with E-state index in [0.29, 0.717) is 4.47 Å². The maximum Gasteiger partial charge on any atom is 0.137 e. The zero-order valence-corrected chi connectivity index (χ0v) is 18.1. The van der Waals surface area contributed by atoms with Gasteiger partial charge in [0.15, 0.2) is 0 Å². The molecule has 0 heterocycles. The molecule has 2 heteroatoms. The van der Waals surface area contributed by atoms with Crippen LogP contribution in [-0.4, -0.2) is 0 Å². The smallest absolute Gasteiger partial charge is 0.137 e. The molecule has 0 radical (unpaired) electrons. The predicted octanol–water partition coefficient (Wildman–Crippen LogP) is 8.57. The highest BCUT2D eigenvalue weighted by Gasteiger charge is 2.20. The number of aryl methyl sites for hydroxylation is 1. The van der Waals surface area contributed by atoms with E-state index in [4.69, 9.17) is 0 Å². The summed E-state index contributed by atoms with van der Waals surface area (Å²) in [6, 6.07) is 14.0. The van der Waals surface area contributed by atoms with Crippen LogP contribution in [0.1, 0.15) is 70.3 Å². The lowest BCUT2D eigenvalue weighted by atomic mass is 9.78. The number of benzene rings is 2. The van der Waals surface area contributed by atoms with Crippen molar-refractivity contribution in [3.8, 4) is 11.1 Å². The van der Waals surface area contributed by atoms with Crippen LogP contribution in [0.2, 0.25) is 0 Å². The van der Waals surface area contributed by atoms with Crippen molar-refractivity contribution in [3.05, 3.63) is 58.3 Å². The largest absolute Gasteiger partial charge is 0.206 e. The zero-order valence-electron chi connectivity index (χ0n) is 16.5. The molecule has 3 rings (SSSR count). The molecule has 0 nitrogen and oxygen atoms in total. The van der Waals surface area contributed by atoms with Gasteiger partial charge in [-0.2, -0.15) is 0 Å². The van der Waals surface area contributed by atoms with Crippen LogP contribution in [0.15, 0.2) is 46.9 Å². The first-order chi connectivity index (χ1) is 13.2. The molecule has 0 saturated heterocycles. The van der Waals surface area contributed by atoms with Crippen LogP contribution < -0.4 is 0 Å². The van der Waals surface area contributed by atoms with Gasteiger partial charge in [-0.25, -0.2) is 4.39 Å². The second-order valence-electron chi connectivity index (χ2n) is 8.25. The lowest BCUT2D eigenvalue weighted by Gasteiger charge is -2.28. The van der Waals surface area contributed by atoms with Crippen LogP contribution in [0.5, 0.6) is 0 Å².